The van der Waals surface area contributed by atoms with Crippen LogP contribution in [-0.2, 0) is 11.3 Å². The number of thiophene rings is 1. The smallest absolute Gasteiger partial charge is 0.263 e. The molecule has 4 rings (SSSR count). The van der Waals surface area contributed by atoms with Gasteiger partial charge in [0.15, 0.2) is 11.5 Å². The van der Waals surface area contributed by atoms with E-state index in [-0.39, 0.29) is 12.1 Å². The fraction of sp³-hybridized carbons (Fsp3) is 0.231. The Kier molecular flexibility index (Phi) is 7.57. The van der Waals surface area contributed by atoms with Crippen LogP contribution in [0.5, 0.6) is 11.5 Å². The average Bonchev–Trinajstić information content (AvgIpc) is 3.28. The molecule has 1 amide bonds. The normalized spacial score (nSPS) is 11.2. The summed E-state index contributed by atoms with van der Waals surface area (Å²) in [6, 6.07) is 13.4. The Labute approximate surface area is 206 Å². The molecule has 0 saturated carbocycles. The first-order chi connectivity index (χ1) is 17.0. The van der Waals surface area contributed by atoms with E-state index in [4.69, 9.17) is 9.47 Å². The van der Waals surface area contributed by atoms with Crippen molar-refractivity contribution in [2.75, 3.05) is 13.2 Å². The molecule has 0 aliphatic carbocycles. The summed E-state index contributed by atoms with van der Waals surface area (Å²) in [5.74, 6) is 0.819. The van der Waals surface area contributed by atoms with Crippen molar-refractivity contribution in [2.45, 2.75) is 27.3 Å². The molecular weight excluding hydrogens is 464 g/mol. The Hall–Kier alpha value is -3.98. The van der Waals surface area contributed by atoms with Gasteiger partial charge in [-0.05, 0) is 50.1 Å². The Balaban J connectivity index is 1.48. The molecule has 0 bridgehead atoms. The zero-order chi connectivity index (χ0) is 24.8. The molecule has 0 aliphatic heterocycles. The maximum atomic E-state index is 13.2. The molecule has 0 atom stereocenters. The van der Waals surface area contributed by atoms with E-state index in [1.165, 1.54) is 28.4 Å². The number of aryl methyl sites for hydroxylation is 1. The van der Waals surface area contributed by atoms with Crippen molar-refractivity contribution in [2.24, 2.45) is 5.10 Å². The summed E-state index contributed by atoms with van der Waals surface area (Å²) >= 11 is 1.41. The predicted molar refractivity (Wildman–Crippen MR) is 139 cm³/mol. The molecule has 180 valence electrons. The van der Waals surface area contributed by atoms with Crippen molar-refractivity contribution in [3.05, 3.63) is 75.7 Å². The van der Waals surface area contributed by atoms with Crippen LogP contribution in [0.15, 0.2) is 64.1 Å². The molecule has 0 spiro atoms. The lowest BCUT2D eigenvalue weighted by atomic mass is 10.1. The van der Waals surface area contributed by atoms with Crippen LogP contribution in [0.2, 0.25) is 0 Å². The van der Waals surface area contributed by atoms with E-state index in [1.807, 2.05) is 56.5 Å². The second-order valence-electron chi connectivity index (χ2n) is 7.74. The third kappa shape index (κ3) is 5.58. The zero-order valence-electron chi connectivity index (χ0n) is 19.8. The predicted octanol–water partition coefficient (Wildman–Crippen LogP) is 4.38. The van der Waals surface area contributed by atoms with Crippen LogP contribution in [0, 0.1) is 6.92 Å². The van der Waals surface area contributed by atoms with E-state index in [1.54, 1.807) is 12.1 Å². The summed E-state index contributed by atoms with van der Waals surface area (Å²) in [7, 11) is 0. The van der Waals surface area contributed by atoms with Gasteiger partial charge in [-0.1, -0.05) is 29.8 Å². The maximum absolute atomic E-state index is 13.2. The molecule has 2 aromatic heterocycles. The van der Waals surface area contributed by atoms with Crippen molar-refractivity contribution in [3.63, 3.8) is 0 Å². The number of amides is 1. The van der Waals surface area contributed by atoms with Crippen molar-refractivity contribution >= 4 is 33.7 Å². The number of carbonyl (C=O) groups excluding carboxylic acids is 1. The zero-order valence-corrected chi connectivity index (χ0v) is 20.6. The van der Waals surface area contributed by atoms with Crippen molar-refractivity contribution in [1.29, 1.82) is 0 Å². The molecule has 0 radical (unpaired) electrons. The number of hydrogen-bond acceptors (Lipinski definition) is 7. The highest BCUT2D eigenvalue weighted by Gasteiger charge is 2.14. The molecule has 9 heteroatoms. The second kappa shape index (κ2) is 11.0. The molecule has 2 heterocycles. The molecule has 4 aromatic rings. The van der Waals surface area contributed by atoms with E-state index >= 15 is 0 Å². The molecular formula is C26H26N4O4S. The quantitative estimate of drug-likeness (QED) is 0.278. The van der Waals surface area contributed by atoms with Gasteiger partial charge in [0.05, 0.1) is 31.1 Å². The Morgan fingerprint density at radius 3 is 2.60 bits per heavy atom. The summed E-state index contributed by atoms with van der Waals surface area (Å²) < 4.78 is 12.5. The van der Waals surface area contributed by atoms with E-state index < -0.39 is 5.91 Å². The van der Waals surface area contributed by atoms with Crippen LogP contribution >= 0.6 is 11.3 Å². The van der Waals surface area contributed by atoms with Gasteiger partial charge < -0.3 is 9.47 Å². The van der Waals surface area contributed by atoms with Crippen molar-refractivity contribution < 1.29 is 14.3 Å². The number of rotatable bonds is 9. The average molecular weight is 491 g/mol. The summed E-state index contributed by atoms with van der Waals surface area (Å²) in [4.78, 5) is 30.6. The standard InChI is InChI=1S/C26H26N4O4S/c1-4-33-21-11-8-18(12-22(21)34-5-2)13-28-29-23(31)14-30-16-27-25-24(26(30)32)20(15-35-25)19-9-6-17(3)7-10-19/h6-13,15-16H,4-5,14H2,1-3H3,(H,29,31)/b28-13+. The molecule has 0 aliphatic rings. The highest BCUT2D eigenvalue weighted by molar-refractivity contribution is 7.17. The van der Waals surface area contributed by atoms with E-state index in [2.05, 4.69) is 15.5 Å². The highest BCUT2D eigenvalue weighted by Crippen LogP contribution is 2.31. The van der Waals surface area contributed by atoms with Gasteiger partial charge in [0.25, 0.3) is 11.5 Å². The Bertz CT molecular complexity index is 1420. The third-order valence-corrected chi connectivity index (χ3v) is 6.09. The second-order valence-corrected chi connectivity index (χ2v) is 8.60. The topological polar surface area (TPSA) is 94.8 Å². The molecule has 0 unspecified atom stereocenters. The van der Waals surface area contributed by atoms with E-state index in [0.717, 1.165) is 22.3 Å². The fourth-order valence-electron chi connectivity index (χ4n) is 3.54. The van der Waals surface area contributed by atoms with Gasteiger partial charge in [-0.25, -0.2) is 10.4 Å². The minimum Gasteiger partial charge on any atom is -0.490 e. The number of nitrogens with one attached hydrogen (secondary N) is 1. The van der Waals surface area contributed by atoms with Gasteiger partial charge in [-0.3, -0.25) is 14.2 Å². The third-order valence-electron chi connectivity index (χ3n) is 5.21. The monoisotopic (exact) mass is 490 g/mol. The molecule has 0 fully saturated rings. The number of aromatic nitrogens is 2. The summed E-state index contributed by atoms with van der Waals surface area (Å²) in [6.07, 6.45) is 2.90. The minimum absolute atomic E-state index is 0.199. The van der Waals surface area contributed by atoms with Gasteiger partial charge in [0.2, 0.25) is 0 Å². The highest BCUT2D eigenvalue weighted by atomic mass is 32.1. The first-order valence-corrected chi connectivity index (χ1v) is 12.1. The van der Waals surface area contributed by atoms with E-state index in [9.17, 15) is 9.59 Å². The largest absolute Gasteiger partial charge is 0.490 e. The Morgan fingerprint density at radius 1 is 1.11 bits per heavy atom. The first kappa shape index (κ1) is 24.2. The number of carbonyl (C=O) groups is 1. The van der Waals surface area contributed by atoms with Gasteiger partial charge in [-0.2, -0.15) is 5.10 Å². The summed E-state index contributed by atoms with van der Waals surface area (Å²) in [5, 5.41) is 6.45. The minimum atomic E-state index is -0.437. The molecule has 1 N–H and O–H groups in total. The first-order valence-electron chi connectivity index (χ1n) is 11.2. The summed E-state index contributed by atoms with van der Waals surface area (Å²) in [6.45, 7) is 6.64. The number of nitrogens with zero attached hydrogens (tertiary/aromatic N) is 3. The van der Waals surface area contributed by atoms with Crippen LogP contribution in [0.1, 0.15) is 25.0 Å². The molecule has 35 heavy (non-hydrogen) atoms. The van der Waals surface area contributed by atoms with E-state index in [0.29, 0.717) is 34.9 Å². The SMILES string of the molecule is CCOc1ccc(/C=N/NC(=O)Cn2cnc3scc(-c4ccc(C)cc4)c3c2=O)cc1OCC. The fourth-order valence-corrected chi connectivity index (χ4v) is 4.45. The molecule has 2 aromatic carbocycles. The number of hydrazone groups is 1. The molecule has 8 nitrogen and oxygen atoms in total. The Morgan fingerprint density at radius 2 is 1.86 bits per heavy atom. The van der Waals surface area contributed by atoms with Gasteiger partial charge in [0.1, 0.15) is 11.4 Å². The number of ether oxygens (including phenoxy) is 2. The maximum Gasteiger partial charge on any atom is 0.263 e. The number of benzene rings is 2. The molecule has 0 saturated heterocycles. The lowest BCUT2D eigenvalue weighted by Gasteiger charge is -2.11. The van der Waals surface area contributed by atoms with Gasteiger partial charge in [-0.15, -0.1) is 11.3 Å². The van der Waals surface area contributed by atoms with Crippen molar-refractivity contribution in [3.8, 4) is 22.6 Å². The van der Waals surface area contributed by atoms with Crippen LogP contribution < -0.4 is 20.5 Å². The van der Waals surface area contributed by atoms with Gasteiger partial charge in [0, 0.05) is 10.9 Å². The van der Waals surface area contributed by atoms with Gasteiger partial charge >= 0.3 is 0 Å². The summed E-state index contributed by atoms with van der Waals surface area (Å²) in [5.41, 5.74) is 5.83. The van der Waals surface area contributed by atoms with Crippen LogP contribution in [0.3, 0.4) is 0 Å². The van der Waals surface area contributed by atoms with Crippen LogP contribution in [0.4, 0.5) is 0 Å². The van der Waals surface area contributed by atoms with Crippen molar-refractivity contribution in [1.82, 2.24) is 15.0 Å². The van der Waals surface area contributed by atoms with Crippen LogP contribution in [-0.4, -0.2) is 34.9 Å². The number of hydrogen-bond donors (Lipinski definition) is 1. The number of fused-ring (bicyclic) bond motifs is 1. The lowest BCUT2D eigenvalue weighted by Crippen LogP contribution is -2.30. The lowest BCUT2D eigenvalue weighted by molar-refractivity contribution is -0.121. The van der Waals surface area contributed by atoms with Crippen LogP contribution in [0.25, 0.3) is 21.3 Å².